The van der Waals surface area contributed by atoms with Crippen LogP contribution in [0.1, 0.15) is 48.2 Å². The zero-order chi connectivity index (χ0) is 27.8. The molecule has 0 bridgehead atoms. The summed E-state index contributed by atoms with van der Waals surface area (Å²) in [4.78, 5) is 28.7. The first-order chi connectivity index (χ1) is 18.2. The average Bonchev–Trinajstić information content (AvgIpc) is 3.34. The van der Waals surface area contributed by atoms with Crippen LogP contribution in [0.3, 0.4) is 0 Å². The number of aromatic nitrogens is 1. The number of benzene rings is 2. The number of hydrogen-bond donors (Lipinski definition) is 2. The van der Waals surface area contributed by atoms with Crippen molar-refractivity contribution >= 4 is 57.6 Å². The number of carbonyl (C=O) groups excluding carboxylic acids is 1. The summed E-state index contributed by atoms with van der Waals surface area (Å²) in [6, 6.07) is 8.55. The molecule has 0 radical (unpaired) electrons. The Hall–Kier alpha value is -3.11. The Bertz CT molecular complexity index is 1320. The maximum atomic E-state index is 12.9. The molecule has 1 heterocycles. The fraction of sp³-hybridized carbons (Fsp3) is 0.296. The van der Waals surface area contributed by atoms with Crippen molar-refractivity contribution in [3.63, 3.8) is 0 Å². The molecular weight excluding hydrogens is 551 g/mol. The Balaban J connectivity index is 1.80. The summed E-state index contributed by atoms with van der Waals surface area (Å²) in [5.41, 5.74) is 2.73. The Morgan fingerprint density at radius 3 is 2.53 bits per heavy atom. The van der Waals surface area contributed by atoms with Gasteiger partial charge in [-0.15, -0.1) is 11.3 Å². The van der Waals surface area contributed by atoms with Crippen molar-refractivity contribution in [1.29, 1.82) is 0 Å². The number of carbonyl (C=O) groups is 2. The lowest BCUT2D eigenvalue weighted by atomic mass is 10.1. The number of halogens is 2. The second kappa shape index (κ2) is 13.6. The summed E-state index contributed by atoms with van der Waals surface area (Å²) in [6.45, 7) is 4.58. The van der Waals surface area contributed by atoms with Gasteiger partial charge in [-0.05, 0) is 37.6 Å². The van der Waals surface area contributed by atoms with Crippen LogP contribution in [0.25, 0.3) is 17.3 Å². The van der Waals surface area contributed by atoms with E-state index in [1.165, 1.54) is 36.7 Å². The SMILES string of the molecule is CCCC(C)OCc1cccc(-c2csc(NC(=O)c3cc(Cl)c(/C=C(\OC)C(=O)O)c(Cl)c3)n2)c1OC. The quantitative estimate of drug-likeness (QED) is 0.173. The minimum atomic E-state index is -1.28. The number of nitrogens with zero attached hydrogens (tertiary/aromatic N) is 1. The van der Waals surface area contributed by atoms with Crippen LogP contribution in [0, 0.1) is 0 Å². The normalized spacial score (nSPS) is 12.2. The van der Waals surface area contributed by atoms with Gasteiger partial charge < -0.3 is 19.3 Å². The molecule has 202 valence electrons. The highest BCUT2D eigenvalue weighted by Gasteiger charge is 2.18. The third kappa shape index (κ3) is 7.26. The molecule has 0 aliphatic heterocycles. The van der Waals surface area contributed by atoms with Gasteiger partial charge in [-0.1, -0.05) is 48.7 Å². The first-order valence-electron chi connectivity index (χ1n) is 11.7. The number of rotatable bonds is 12. The zero-order valence-corrected chi connectivity index (χ0v) is 23.7. The smallest absolute Gasteiger partial charge is 0.371 e. The highest BCUT2D eigenvalue weighted by Crippen LogP contribution is 2.36. The van der Waals surface area contributed by atoms with Crippen molar-refractivity contribution in [2.75, 3.05) is 19.5 Å². The molecule has 38 heavy (non-hydrogen) atoms. The predicted molar refractivity (Wildman–Crippen MR) is 150 cm³/mol. The van der Waals surface area contributed by atoms with Gasteiger partial charge >= 0.3 is 5.97 Å². The molecule has 11 heteroatoms. The van der Waals surface area contributed by atoms with E-state index >= 15 is 0 Å². The van der Waals surface area contributed by atoms with Crippen LogP contribution in [0.15, 0.2) is 41.5 Å². The summed E-state index contributed by atoms with van der Waals surface area (Å²) in [6.07, 6.45) is 3.35. The molecule has 0 aliphatic carbocycles. The molecule has 1 atom stereocenters. The number of methoxy groups -OCH3 is 2. The topological polar surface area (TPSA) is 107 Å². The standard InChI is InChI=1S/C27H28Cl2N2O6S/c1-5-7-15(2)37-13-16-8-6-9-18(24(16)36-4)22-14-38-27(30-22)31-25(32)17-10-20(28)19(21(29)11-17)12-23(35-3)26(33)34/h6,8-12,14-15H,5,7,13H2,1-4H3,(H,33,34)(H,30,31,32)/b23-12-. The number of carboxylic acid groups (broad SMARTS) is 1. The van der Waals surface area contributed by atoms with Gasteiger partial charge in [0.25, 0.3) is 5.91 Å². The first kappa shape index (κ1) is 29.4. The van der Waals surface area contributed by atoms with E-state index in [0.717, 1.165) is 24.0 Å². The molecule has 2 aromatic carbocycles. The van der Waals surface area contributed by atoms with Gasteiger partial charge in [0.15, 0.2) is 5.13 Å². The summed E-state index contributed by atoms with van der Waals surface area (Å²) >= 11 is 13.8. The minimum Gasteiger partial charge on any atom is -0.496 e. The second-order valence-electron chi connectivity index (χ2n) is 8.27. The summed E-state index contributed by atoms with van der Waals surface area (Å²) in [5, 5.41) is 14.3. The number of nitrogens with one attached hydrogen (secondary N) is 1. The number of amides is 1. The fourth-order valence-corrected chi connectivity index (χ4v) is 4.98. The van der Waals surface area contributed by atoms with E-state index in [2.05, 4.69) is 17.2 Å². The van der Waals surface area contributed by atoms with Crippen molar-refractivity contribution < 1.29 is 28.9 Å². The van der Waals surface area contributed by atoms with E-state index < -0.39 is 11.9 Å². The van der Waals surface area contributed by atoms with Crippen LogP contribution in [0.4, 0.5) is 5.13 Å². The van der Waals surface area contributed by atoms with Crippen molar-refractivity contribution in [1.82, 2.24) is 4.98 Å². The van der Waals surface area contributed by atoms with E-state index in [9.17, 15) is 9.59 Å². The molecule has 0 fully saturated rings. The van der Waals surface area contributed by atoms with Crippen molar-refractivity contribution in [3.05, 3.63) is 68.2 Å². The number of anilines is 1. The Labute approximate surface area is 235 Å². The van der Waals surface area contributed by atoms with Gasteiger partial charge in [-0.25, -0.2) is 9.78 Å². The lowest BCUT2D eigenvalue weighted by Crippen LogP contribution is -2.12. The highest BCUT2D eigenvalue weighted by molar-refractivity contribution is 7.14. The first-order valence-corrected chi connectivity index (χ1v) is 13.3. The summed E-state index contributed by atoms with van der Waals surface area (Å²) in [5.74, 6) is -1.43. The van der Waals surface area contributed by atoms with Gasteiger partial charge in [-0.2, -0.15) is 0 Å². The van der Waals surface area contributed by atoms with Crippen molar-refractivity contribution in [2.24, 2.45) is 0 Å². The highest BCUT2D eigenvalue weighted by atomic mass is 35.5. The number of aliphatic carboxylic acids is 1. The average molecular weight is 580 g/mol. The van der Waals surface area contributed by atoms with Crippen LogP contribution in [-0.2, 0) is 20.9 Å². The number of carboxylic acids is 1. The summed E-state index contributed by atoms with van der Waals surface area (Å²) < 4.78 is 16.5. The number of hydrogen-bond acceptors (Lipinski definition) is 7. The van der Waals surface area contributed by atoms with Crippen LogP contribution in [0.5, 0.6) is 5.75 Å². The Kier molecular flexibility index (Phi) is 10.6. The van der Waals surface area contributed by atoms with E-state index in [1.54, 1.807) is 7.11 Å². The Morgan fingerprint density at radius 2 is 1.92 bits per heavy atom. The molecule has 0 saturated carbocycles. The largest absolute Gasteiger partial charge is 0.496 e. The van der Waals surface area contributed by atoms with Crippen molar-refractivity contribution in [2.45, 2.75) is 39.4 Å². The third-order valence-corrected chi connectivity index (χ3v) is 6.95. The number of para-hydroxylation sites is 1. The van der Waals surface area contributed by atoms with Gasteiger partial charge in [0.1, 0.15) is 5.75 Å². The molecule has 8 nitrogen and oxygen atoms in total. The molecule has 3 rings (SSSR count). The monoisotopic (exact) mass is 578 g/mol. The molecule has 1 unspecified atom stereocenters. The molecule has 0 aliphatic rings. The van der Waals surface area contributed by atoms with Crippen LogP contribution in [0.2, 0.25) is 10.0 Å². The van der Waals surface area contributed by atoms with Gasteiger partial charge in [0, 0.05) is 27.6 Å². The van der Waals surface area contributed by atoms with Crippen LogP contribution in [-0.4, -0.2) is 42.3 Å². The van der Waals surface area contributed by atoms with Crippen molar-refractivity contribution in [3.8, 4) is 17.0 Å². The predicted octanol–water partition coefficient (Wildman–Crippen LogP) is 7.15. The maximum absolute atomic E-state index is 12.9. The third-order valence-electron chi connectivity index (χ3n) is 5.57. The number of thiazole rings is 1. The van der Waals surface area contributed by atoms with E-state index in [4.69, 9.17) is 42.5 Å². The lowest BCUT2D eigenvalue weighted by molar-refractivity contribution is -0.135. The molecule has 1 aromatic heterocycles. The second-order valence-corrected chi connectivity index (χ2v) is 9.94. The van der Waals surface area contributed by atoms with E-state index in [0.29, 0.717) is 23.2 Å². The molecular formula is C27H28Cl2N2O6S. The van der Waals surface area contributed by atoms with E-state index in [1.807, 2.05) is 30.5 Å². The zero-order valence-electron chi connectivity index (χ0n) is 21.3. The van der Waals surface area contributed by atoms with Crippen LogP contribution >= 0.6 is 34.5 Å². The summed E-state index contributed by atoms with van der Waals surface area (Å²) in [7, 11) is 2.82. The Morgan fingerprint density at radius 1 is 1.21 bits per heavy atom. The van der Waals surface area contributed by atoms with Gasteiger partial charge in [-0.3, -0.25) is 10.1 Å². The molecule has 0 spiro atoms. The lowest BCUT2D eigenvalue weighted by Gasteiger charge is -2.16. The number of ether oxygens (including phenoxy) is 3. The maximum Gasteiger partial charge on any atom is 0.371 e. The fourth-order valence-electron chi connectivity index (χ4n) is 3.68. The molecule has 3 aromatic rings. The molecule has 1 amide bonds. The minimum absolute atomic E-state index is 0.0929. The molecule has 0 saturated heterocycles. The van der Waals surface area contributed by atoms with E-state index in [-0.39, 0.29) is 33.0 Å². The van der Waals surface area contributed by atoms with Crippen LogP contribution < -0.4 is 10.1 Å². The van der Waals surface area contributed by atoms with Gasteiger partial charge in [0.05, 0.1) is 42.7 Å². The van der Waals surface area contributed by atoms with Gasteiger partial charge in [0.2, 0.25) is 5.76 Å². The molecule has 2 N–H and O–H groups in total.